The third-order valence-corrected chi connectivity index (χ3v) is 5.72. The van der Waals surface area contributed by atoms with E-state index in [1.54, 1.807) is 0 Å². The van der Waals surface area contributed by atoms with Gasteiger partial charge < -0.3 is 0 Å². The van der Waals surface area contributed by atoms with Crippen molar-refractivity contribution in [3.8, 4) is 12.3 Å². The van der Waals surface area contributed by atoms with Crippen LogP contribution in [0.5, 0.6) is 0 Å². The van der Waals surface area contributed by atoms with Crippen molar-refractivity contribution in [1.29, 1.82) is 0 Å². The van der Waals surface area contributed by atoms with Gasteiger partial charge in [0, 0.05) is 16.9 Å². The number of hydrogen-bond acceptors (Lipinski definition) is 5. The molecule has 8 heteroatoms. The molecule has 1 aromatic heterocycles. The fourth-order valence-corrected chi connectivity index (χ4v) is 3.81. The monoisotopic (exact) mass is 361 g/mol. The summed E-state index contributed by atoms with van der Waals surface area (Å²) >= 11 is 1.39. The van der Waals surface area contributed by atoms with Crippen molar-refractivity contribution in [2.75, 3.05) is 11.9 Å². The Bertz CT molecular complexity index is 891. The number of thiazole rings is 1. The maximum Gasteiger partial charge on any atom is 0.257 e. The van der Waals surface area contributed by atoms with Gasteiger partial charge >= 0.3 is 0 Å². The lowest BCUT2D eigenvalue weighted by Crippen LogP contribution is -2.24. The van der Waals surface area contributed by atoms with Crippen LogP contribution in [0.4, 0.5) is 5.13 Å². The molecule has 3 rings (SSSR count). The molecule has 6 nitrogen and oxygen atoms in total. The van der Waals surface area contributed by atoms with Gasteiger partial charge in [-0.15, -0.1) is 17.8 Å². The standard InChI is InChI=1S/C16H15N3O3S2/c1-2-9-17-24(21,22)13-7-5-12(6-8-13)15(20)19-16-18-14(10-23-16)11-3-4-11/h1,5-8,10-11,17H,3-4,9H2,(H,18,19,20). The molecule has 1 saturated carbocycles. The largest absolute Gasteiger partial charge is 0.298 e. The van der Waals surface area contributed by atoms with Crippen molar-refractivity contribution in [1.82, 2.24) is 9.71 Å². The molecule has 2 aromatic rings. The zero-order valence-corrected chi connectivity index (χ0v) is 14.3. The van der Waals surface area contributed by atoms with Gasteiger partial charge in [0.15, 0.2) is 5.13 Å². The van der Waals surface area contributed by atoms with E-state index < -0.39 is 10.0 Å². The number of benzene rings is 1. The fourth-order valence-electron chi connectivity index (χ4n) is 2.08. The Hall–Kier alpha value is -2.21. The van der Waals surface area contributed by atoms with E-state index in [9.17, 15) is 13.2 Å². The number of nitrogens with one attached hydrogen (secondary N) is 2. The Morgan fingerprint density at radius 1 is 1.33 bits per heavy atom. The summed E-state index contributed by atoms with van der Waals surface area (Å²) in [5.74, 6) is 2.41. The molecule has 24 heavy (non-hydrogen) atoms. The highest BCUT2D eigenvalue weighted by Gasteiger charge is 2.26. The number of nitrogens with zero attached hydrogens (tertiary/aromatic N) is 1. The van der Waals surface area contributed by atoms with Crippen LogP contribution in [-0.2, 0) is 10.0 Å². The van der Waals surface area contributed by atoms with Gasteiger partial charge in [0.25, 0.3) is 5.91 Å². The summed E-state index contributed by atoms with van der Waals surface area (Å²) in [5.41, 5.74) is 1.38. The van der Waals surface area contributed by atoms with Crippen LogP contribution in [0.3, 0.4) is 0 Å². The lowest BCUT2D eigenvalue weighted by Gasteiger charge is -2.05. The zero-order chi connectivity index (χ0) is 17.2. The van der Waals surface area contributed by atoms with Crippen molar-refractivity contribution < 1.29 is 13.2 Å². The van der Waals surface area contributed by atoms with Gasteiger partial charge in [0.1, 0.15) is 0 Å². The number of rotatable bonds is 6. The second kappa shape index (κ2) is 6.73. The molecule has 124 valence electrons. The lowest BCUT2D eigenvalue weighted by molar-refractivity contribution is 0.102. The molecule has 0 atom stereocenters. The SMILES string of the molecule is C#CCNS(=O)(=O)c1ccc(C(=O)Nc2nc(C3CC3)cs2)cc1. The van der Waals surface area contributed by atoms with E-state index in [1.807, 2.05) is 5.38 Å². The van der Waals surface area contributed by atoms with Gasteiger partial charge in [0.2, 0.25) is 10.0 Å². The molecule has 1 heterocycles. The maximum absolute atomic E-state index is 12.2. The van der Waals surface area contributed by atoms with Crippen molar-refractivity contribution in [2.45, 2.75) is 23.7 Å². The molecule has 0 aliphatic heterocycles. The average molecular weight is 361 g/mol. The first kappa shape index (κ1) is 16.6. The molecule has 0 unspecified atom stereocenters. The average Bonchev–Trinajstić information content (AvgIpc) is 3.33. The van der Waals surface area contributed by atoms with Gasteiger partial charge in [-0.05, 0) is 37.1 Å². The number of terminal acetylenes is 1. The zero-order valence-electron chi connectivity index (χ0n) is 12.7. The Balaban J connectivity index is 1.68. The summed E-state index contributed by atoms with van der Waals surface area (Å²) in [6, 6.07) is 5.64. The van der Waals surface area contributed by atoms with Gasteiger partial charge in [-0.2, -0.15) is 4.72 Å². The van der Waals surface area contributed by atoms with E-state index in [4.69, 9.17) is 6.42 Å². The highest BCUT2D eigenvalue weighted by Crippen LogP contribution is 2.40. The first-order valence-corrected chi connectivity index (χ1v) is 9.66. The van der Waals surface area contributed by atoms with Crippen LogP contribution >= 0.6 is 11.3 Å². The smallest absolute Gasteiger partial charge is 0.257 e. The van der Waals surface area contributed by atoms with Crippen molar-refractivity contribution in [2.24, 2.45) is 0 Å². The van der Waals surface area contributed by atoms with Crippen LogP contribution in [0.25, 0.3) is 0 Å². The highest BCUT2D eigenvalue weighted by atomic mass is 32.2. The number of hydrogen-bond donors (Lipinski definition) is 2. The maximum atomic E-state index is 12.2. The fraction of sp³-hybridized carbons (Fsp3) is 0.250. The number of anilines is 1. The number of amides is 1. The topological polar surface area (TPSA) is 88.2 Å². The van der Waals surface area contributed by atoms with Gasteiger partial charge in [-0.25, -0.2) is 13.4 Å². The van der Waals surface area contributed by atoms with Gasteiger partial charge in [-0.1, -0.05) is 5.92 Å². The number of aromatic nitrogens is 1. The molecule has 1 aromatic carbocycles. The van der Waals surface area contributed by atoms with Gasteiger partial charge in [-0.3, -0.25) is 10.1 Å². The number of carbonyl (C=O) groups is 1. The molecule has 1 aliphatic carbocycles. The van der Waals surface area contributed by atoms with Crippen LogP contribution in [0.1, 0.15) is 34.8 Å². The van der Waals surface area contributed by atoms with Crippen molar-refractivity contribution >= 4 is 32.4 Å². The minimum atomic E-state index is -3.66. The quantitative estimate of drug-likeness (QED) is 0.772. The second-order valence-electron chi connectivity index (χ2n) is 5.36. The van der Waals surface area contributed by atoms with Crippen LogP contribution < -0.4 is 10.0 Å². The molecule has 1 fully saturated rings. The van der Waals surface area contributed by atoms with Crippen LogP contribution in [0.2, 0.25) is 0 Å². The number of carbonyl (C=O) groups excluding carboxylic acids is 1. The summed E-state index contributed by atoms with van der Waals surface area (Å²) in [6.45, 7) is -0.0854. The van der Waals surface area contributed by atoms with E-state index >= 15 is 0 Å². The van der Waals surface area contributed by atoms with Gasteiger partial charge in [0.05, 0.1) is 17.1 Å². The third-order valence-electron chi connectivity index (χ3n) is 3.53. The Kier molecular flexibility index (Phi) is 4.66. The third kappa shape index (κ3) is 3.82. The molecule has 2 N–H and O–H groups in total. The molecule has 0 radical (unpaired) electrons. The highest BCUT2D eigenvalue weighted by molar-refractivity contribution is 7.89. The van der Waals surface area contributed by atoms with E-state index in [-0.39, 0.29) is 17.3 Å². The normalized spacial score (nSPS) is 14.1. The van der Waals surface area contributed by atoms with Crippen LogP contribution in [0, 0.1) is 12.3 Å². The molecular weight excluding hydrogens is 346 g/mol. The minimum Gasteiger partial charge on any atom is -0.298 e. The first-order valence-electron chi connectivity index (χ1n) is 7.29. The van der Waals surface area contributed by atoms with Crippen LogP contribution in [0.15, 0.2) is 34.5 Å². The predicted octanol–water partition coefficient (Wildman–Crippen LogP) is 2.18. The summed E-state index contributed by atoms with van der Waals surface area (Å²) in [6.07, 6.45) is 7.35. The molecule has 0 bridgehead atoms. The Morgan fingerprint density at radius 3 is 2.67 bits per heavy atom. The van der Waals surface area contributed by atoms with Crippen molar-refractivity contribution in [3.63, 3.8) is 0 Å². The summed E-state index contributed by atoms with van der Waals surface area (Å²) in [7, 11) is -3.66. The Labute approximate surface area is 144 Å². The lowest BCUT2D eigenvalue weighted by atomic mass is 10.2. The van der Waals surface area contributed by atoms with Crippen LogP contribution in [-0.4, -0.2) is 25.9 Å². The van der Waals surface area contributed by atoms with Crippen molar-refractivity contribution in [3.05, 3.63) is 40.9 Å². The van der Waals surface area contributed by atoms with E-state index in [1.165, 1.54) is 35.6 Å². The minimum absolute atomic E-state index is 0.0552. The molecule has 0 spiro atoms. The van der Waals surface area contributed by atoms with E-state index in [0.29, 0.717) is 16.6 Å². The predicted molar refractivity (Wildman–Crippen MR) is 92.5 cm³/mol. The summed E-state index contributed by atoms with van der Waals surface area (Å²) < 4.78 is 26.1. The summed E-state index contributed by atoms with van der Waals surface area (Å²) in [4.78, 5) is 16.7. The van der Waals surface area contributed by atoms with E-state index in [0.717, 1.165) is 18.5 Å². The molecule has 1 aliphatic rings. The number of sulfonamides is 1. The molecular formula is C16H15N3O3S2. The van der Waals surface area contributed by atoms with E-state index in [2.05, 4.69) is 20.9 Å². The summed E-state index contributed by atoms with van der Waals surface area (Å²) in [5, 5.41) is 5.24. The molecule has 0 saturated heterocycles. The molecule has 1 amide bonds. The second-order valence-corrected chi connectivity index (χ2v) is 7.98. The Morgan fingerprint density at radius 2 is 2.04 bits per heavy atom. The first-order chi connectivity index (χ1) is 11.5.